The first-order valence-electron chi connectivity index (χ1n) is 10.5. The number of hydrogen-bond acceptors (Lipinski definition) is 6. The summed E-state index contributed by atoms with van der Waals surface area (Å²) in [7, 11) is 1.60. The average Bonchev–Trinajstić information content (AvgIpc) is 3.23. The van der Waals surface area contributed by atoms with Crippen molar-refractivity contribution < 1.29 is 19.1 Å². The lowest BCUT2D eigenvalue weighted by molar-refractivity contribution is -0.122. The maximum atomic E-state index is 13.5. The molecule has 3 amide bonds. The molecule has 9 heteroatoms. The van der Waals surface area contributed by atoms with E-state index in [4.69, 9.17) is 17.0 Å². The fourth-order valence-electron chi connectivity index (χ4n) is 3.81. The Balaban J connectivity index is 1.61. The second-order valence-corrected chi connectivity index (χ2v) is 9.29. The predicted octanol–water partition coefficient (Wildman–Crippen LogP) is 3.59. The van der Waals surface area contributed by atoms with Crippen molar-refractivity contribution in [2.75, 3.05) is 37.0 Å². The number of hydrogen-bond donors (Lipinski definition) is 1. The fraction of sp³-hybridized carbons (Fsp3) is 0.250. The molecule has 0 bridgehead atoms. The third-order valence-electron chi connectivity index (χ3n) is 5.45. The predicted molar refractivity (Wildman–Crippen MR) is 134 cm³/mol. The van der Waals surface area contributed by atoms with Crippen LogP contribution in [0.3, 0.4) is 0 Å². The first kappa shape index (κ1) is 23.2. The molecule has 0 saturated carbocycles. The van der Waals surface area contributed by atoms with Gasteiger partial charge in [0.05, 0.1) is 16.2 Å². The minimum absolute atomic E-state index is 0.165. The van der Waals surface area contributed by atoms with Crippen LogP contribution in [0.5, 0.6) is 0 Å². The molecule has 7 nitrogen and oxygen atoms in total. The van der Waals surface area contributed by atoms with Crippen molar-refractivity contribution in [1.82, 2.24) is 4.90 Å². The quantitative estimate of drug-likeness (QED) is 0.370. The molecule has 0 unspecified atom stereocenters. The van der Waals surface area contributed by atoms with Gasteiger partial charge in [0.15, 0.2) is 0 Å². The molecule has 4 rings (SSSR count). The number of carbonyl (C=O) groups is 3. The van der Waals surface area contributed by atoms with Gasteiger partial charge < -0.3 is 10.1 Å². The van der Waals surface area contributed by atoms with Gasteiger partial charge in [-0.25, -0.2) is 0 Å². The van der Waals surface area contributed by atoms with E-state index >= 15 is 0 Å². The van der Waals surface area contributed by atoms with Crippen LogP contribution < -0.4 is 10.2 Å². The number of anilines is 2. The first-order valence-corrected chi connectivity index (χ1v) is 11.7. The average molecular weight is 482 g/mol. The second kappa shape index (κ2) is 9.86. The van der Waals surface area contributed by atoms with E-state index in [1.54, 1.807) is 25.3 Å². The fourth-order valence-corrected chi connectivity index (χ4v) is 5.19. The topological polar surface area (TPSA) is 79.0 Å². The molecule has 2 aromatic carbocycles. The van der Waals surface area contributed by atoms with Gasteiger partial charge in [0, 0.05) is 31.5 Å². The van der Waals surface area contributed by atoms with Gasteiger partial charge in [-0.15, -0.1) is 0 Å². The maximum absolute atomic E-state index is 13.5. The molecular weight excluding hydrogens is 458 g/mol. The highest BCUT2D eigenvalue weighted by Gasteiger charge is 2.42. The van der Waals surface area contributed by atoms with Gasteiger partial charge in [0.25, 0.3) is 11.8 Å². The monoisotopic (exact) mass is 481 g/mol. The number of fused-ring (bicyclic) bond motifs is 1. The Labute approximate surface area is 201 Å². The highest BCUT2D eigenvalue weighted by atomic mass is 32.2. The van der Waals surface area contributed by atoms with Gasteiger partial charge >= 0.3 is 0 Å². The van der Waals surface area contributed by atoms with Crippen LogP contribution in [0.25, 0.3) is 5.57 Å². The van der Waals surface area contributed by atoms with E-state index in [1.807, 2.05) is 37.3 Å². The Morgan fingerprint density at radius 1 is 1.06 bits per heavy atom. The molecule has 0 radical (unpaired) electrons. The van der Waals surface area contributed by atoms with Crippen LogP contribution in [0.2, 0.25) is 0 Å². The summed E-state index contributed by atoms with van der Waals surface area (Å²) < 4.78 is 5.48. The molecule has 2 aromatic rings. The minimum Gasteiger partial charge on any atom is -0.385 e. The number of amides is 3. The molecular formula is C24H23N3O4S2. The summed E-state index contributed by atoms with van der Waals surface area (Å²) in [6.45, 7) is 2.67. The molecule has 2 aliphatic rings. The molecule has 1 N–H and O–H groups in total. The van der Waals surface area contributed by atoms with E-state index in [9.17, 15) is 14.4 Å². The molecule has 0 aromatic heterocycles. The highest BCUT2D eigenvalue weighted by Crippen LogP contribution is 2.44. The number of thioether (sulfide) groups is 1. The van der Waals surface area contributed by atoms with Crippen molar-refractivity contribution in [3.05, 3.63) is 64.6 Å². The van der Waals surface area contributed by atoms with Crippen LogP contribution in [0.15, 0.2) is 53.4 Å². The van der Waals surface area contributed by atoms with Crippen LogP contribution in [-0.4, -0.2) is 53.7 Å². The van der Waals surface area contributed by atoms with Crippen LogP contribution >= 0.6 is 24.0 Å². The van der Waals surface area contributed by atoms with Crippen molar-refractivity contribution in [3.8, 4) is 0 Å². The molecule has 33 heavy (non-hydrogen) atoms. The van der Waals surface area contributed by atoms with Crippen LogP contribution in [0.4, 0.5) is 11.4 Å². The summed E-state index contributed by atoms with van der Waals surface area (Å²) >= 11 is 6.53. The molecule has 1 fully saturated rings. The second-order valence-electron chi connectivity index (χ2n) is 7.65. The van der Waals surface area contributed by atoms with Crippen molar-refractivity contribution in [2.24, 2.45) is 0 Å². The number of nitrogens with zero attached hydrogens (tertiary/aromatic N) is 2. The van der Waals surface area contributed by atoms with Crippen molar-refractivity contribution >= 4 is 63.0 Å². The summed E-state index contributed by atoms with van der Waals surface area (Å²) in [5.74, 6) is -0.986. The van der Waals surface area contributed by atoms with E-state index in [0.717, 1.165) is 17.3 Å². The van der Waals surface area contributed by atoms with Crippen LogP contribution in [-0.2, 0) is 19.1 Å². The van der Waals surface area contributed by atoms with E-state index in [1.165, 1.54) is 9.80 Å². The van der Waals surface area contributed by atoms with Gasteiger partial charge in [0.2, 0.25) is 5.91 Å². The normalized spacial score (nSPS) is 17.7. The van der Waals surface area contributed by atoms with Gasteiger partial charge in [-0.2, -0.15) is 0 Å². The van der Waals surface area contributed by atoms with Gasteiger partial charge in [-0.1, -0.05) is 60.4 Å². The number of para-hydroxylation sites is 2. The molecule has 2 heterocycles. The smallest absolute Gasteiger partial charge is 0.267 e. The summed E-state index contributed by atoms with van der Waals surface area (Å²) in [4.78, 5) is 42.6. The number of aryl methyl sites for hydroxylation is 1. The lowest BCUT2D eigenvalue weighted by atomic mass is 10.1. The number of nitrogens with one attached hydrogen (secondary N) is 1. The largest absolute Gasteiger partial charge is 0.385 e. The maximum Gasteiger partial charge on any atom is 0.267 e. The van der Waals surface area contributed by atoms with Crippen LogP contribution in [0.1, 0.15) is 17.5 Å². The summed E-state index contributed by atoms with van der Waals surface area (Å²) in [5.41, 5.74) is 3.14. The zero-order valence-corrected chi connectivity index (χ0v) is 19.9. The third-order valence-corrected chi connectivity index (χ3v) is 6.90. The zero-order chi connectivity index (χ0) is 23.5. The lowest BCUT2D eigenvalue weighted by Gasteiger charge is -2.17. The van der Waals surface area contributed by atoms with E-state index in [0.29, 0.717) is 51.3 Å². The Kier molecular flexibility index (Phi) is 6.92. The molecule has 0 spiro atoms. The Morgan fingerprint density at radius 2 is 1.79 bits per heavy atom. The number of methoxy groups -OCH3 is 1. The summed E-state index contributed by atoms with van der Waals surface area (Å²) in [6.07, 6.45) is 0.640. The van der Waals surface area contributed by atoms with Crippen molar-refractivity contribution in [3.63, 3.8) is 0 Å². The van der Waals surface area contributed by atoms with Crippen molar-refractivity contribution in [2.45, 2.75) is 13.3 Å². The lowest BCUT2D eigenvalue weighted by Crippen LogP contribution is -2.35. The first-order chi connectivity index (χ1) is 15.9. The van der Waals surface area contributed by atoms with E-state index < -0.39 is 0 Å². The molecule has 1 saturated heterocycles. The standard InChI is InChI=1S/C24H23N3O4S2/c1-15-8-3-5-10-17(15)25-19(28)14-27-18-11-6-4-9-16(18)20(22(27)29)21-23(30)26(24(32)33-21)12-7-13-31-2/h3-6,8-11H,7,12-14H2,1-2H3,(H,25,28)/b21-20-. The van der Waals surface area contributed by atoms with Crippen LogP contribution in [0, 0.1) is 6.92 Å². The number of thiocarbonyl (C=S) groups is 1. The molecule has 170 valence electrons. The molecule has 0 atom stereocenters. The Hall–Kier alpha value is -3.01. The van der Waals surface area contributed by atoms with Gasteiger partial charge in [-0.3, -0.25) is 24.2 Å². The van der Waals surface area contributed by atoms with Gasteiger partial charge in [0.1, 0.15) is 10.9 Å². The highest BCUT2D eigenvalue weighted by molar-refractivity contribution is 8.26. The summed E-state index contributed by atoms with van der Waals surface area (Å²) in [6, 6.07) is 14.6. The minimum atomic E-state index is -0.381. The van der Waals surface area contributed by atoms with E-state index in [-0.39, 0.29) is 24.3 Å². The number of rotatable bonds is 7. The Bertz CT molecular complexity index is 1180. The molecule has 2 aliphatic heterocycles. The SMILES string of the molecule is COCCCN1C(=O)/C(=C2/C(=O)N(CC(=O)Nc3ccccc3C)c3ccccc32)SC1=S. The molecule has 0 aliphatic carbocycles. The summed E-state index contributed by atoms with van der Waals surface area (Å²) in [5, 5.41) is 2.86. The number of ether oxygens (including phenoxy) is 1. The van der Waals surface area contributed by atoms with Gasteiger partial charge in [-0.05, 0) is 31.0 Å². The third kappa shape index (κ3) is 4.57. The number of carbonyl (C=O) groups excluding carboxylic acids is 3. The zero-order valence-electron chi connectivity index (χ0n) is 18.3. The van der Waals surface area contributed by atoms with Crippen molar-refractivity contribution in [1.29, 1.82) is 0 Å². The number of benzene rings is 2. The Morgan fingerprint density at radius 3 is 2.55 bits per heavy atom. The van der Waals surface area contributed by atoms with E-state index in [2.05, 4.69) is 5.32 Å².